The van der Waals surface area contributed by atoms with Crippen LogP contribution < -0.4 is 0 Å². The highest BCUT2D eigenvalue weighted by Gasteiger charge is 1.88. The third-order valence-corrected chi connectivity index (χ3v) is 0.749. The van der Waals surface area contributed by atoms with Crippen molar-refractivity contribution in [3.63, 3.8) is 0 Å². The van der Waals surface area contributed by atoms with Crippen molar-refractivity contribution >= 4 is 0 Å². The van der Waals surface area contributed by atoms with E-state index in [1.165, 1.54) is 0 Å². The average Bonchev–Trinajstić information content (AvgIpc) is 2.14. The van der Waals surface area contributed by atoms with Crippen LogP contribution in [0.25, 0.3) is 0 Å². The molecule has 1 heterocycles. The van der Waals surface area contributed by atoms with Crippen molar-refractivity contribution in [3.05, 3.63) is 18.0 Å². The Bertz CT molecular complexity index is 123. The van der Waals surface area contributed by atoms with Crippen molar-refractivity contribution in [1.82, 2.24) is 5.16 Å². The van der Waals surface area contributed by atoms with Crippen LogP contribution in [0.5, 0.6) is 0 Å². The number of rotatable bonds is 1. The highest BCUT2D eigenvalue weighted by Crippen LogP contribution is 1.92. The van der Waals surface area contributed by atoms with Gasteiger partial charge in [-0.05, 0) is 6.42 Å². The zero-order valence-electron chi connectivity index (χ0n) is 4.06. The second-order valence-electron chi connectivity index (χ2n) is 1.23. The maximum absolute atomic E-state index is 4.37. The predicted octanol–water partition coefficient (Wildman–Crippen LogP) is 0.837. The molecule has 0 aliphatic rings. The summed E-state index contributed by atoms with van der Waals surface area (Å²) in [6, 6.07) is 0. The Hall–Kier alpha value is -0.790. The van der Waals surface area contributed by atoms with E-state index in [0.717, 1.165) is 12.0 Å². The standard InChI is InChI=1S/C5H5NO/c1-2-5-3-6-7-4-5/h2H2,1H3. The molecule has 0 spiro atoms. The monoisotopic (exact) mass is 95.0 g/mol. The van der Waals surface area contributed by atoms with Crippen molar-refractivity contribution in [2.45, 2.75) is 13.3 Å². The molecular weight excluding hydrogens is 90.1 g/mol. The maximum atomic E-state index is 4.37. The molecule has 0 fully saturated rings. The lowest BCUT2D eigenvalue weighted by atomic mass is 10.3. The molecule has 2 heteroatoms. The number of aromatic nitrogens is 1. The van der Waals surface area contributed by atoms with Gasteiger partial charge in [0.1, 0.15) is 6.20 Å². The number of nitrogens with zero attached hydrogens (tertiary/aromatic N) is 1. The lowest BCUT2D eigenvalue weighted by Gasteiger charge is -1.72. The first-order valence-corrected chi connectivity index (χ1v) is 2.17. The van der Waals surface area contributed by atoms with Gasteiger partial charge in [0.25, 0.3) is 0 Å². The molecule has 2 radical (unpaired) electrons. The lowest BCUT2D eigenvalue weighted by molar-refractivity contribution is 0.410. The van der Waals surface area contributed by atoms with Crippen LogP contribution >= 0.6 is 0 Å². The summed E-state index contributed by atoms with van der Waals surface area (Å²) < 4.78 is 4.37. The van der Waals surface area contributed by atoms with Crippen LogP contribution in [-0.2, 0) is 6.42 Å². The van der Waals surface area contributed by atoms with Crippen molar-refractivity contribution in [2.75, 3.05) is 0 Å². The van der Waals surface area contributed by atoms with E-state index in [-0.39, 0.29) is 0 Å². The van der Waals surface area contributed by atoms with Gasteiger partial charge >= 0.3 is 0 Å². The van der Waals surface area contributed by atoms with Crippen LogP contribution in [0.2, 0.25) is 0 Å². The summed E-state index contributed by atoms with van der Waals surface area (Å²) in [5.41, 5.74) is 0.903. The Morgan fingerprint density at radius 1 is 1.86 bits per heavy atom. The smallest absolute Gasteiger partial charge is 0.209 e. The minimum Gasteiger partial charge on any atom is -0.352 e. The molecule has 0 aliphatic carbocycles. The molecule has 0 atom stereocenters. The zero-order valence-corrected chi connectivity index (χ0v) is 4.06. The predicted molar refractivity (Wildman–Crippen MR) is 23.6 cm³/mol. The minimum absolute atomic E-state index is 0.892. The Morgan fingerprint density at radius 3 is 3.00 bits per heavy atom. The molecule has 7 heavy (non-hydrogen) atoms. The number of hydrogen-bond acceptors (Lipinski definition) is 2. The first-order valence-electron chi connectivity index (χ1n) is 2.17. The minimum atomic E-state index is 0.892. The molecule has 0 saturated heterocycles. The van der Waals surface area contributed by atoms with Gasteiger partial charge in [0.05, 0.1) is 0 Å². The van der Waals surface area contributed by atoms with Gasteiger partial charge in [-0.25, -0.2) is 0 Å². The van der Waals surface area contributed by atoms with Crippen LogP contribution in [0.15, 0.2) is 4.52 Å². The SMILES string of the molecule is CCc1[c]no[c]1. The van der Waals surface area contributed by atoms with Crippen molar-refractivity contribution < 1.29 is 4.52 Å². The fourth-order valence-corrected chi connectivity index (χ4v) is 0.330. The van der Waals surface area contributed by atoms with Gasteiger partial charge in [0.15, 0.2) is 0 Å². The summed E-state index contributed by atoms with van der Waals surface area (Å²) in [6.07, 6.45) is 6.05. The molecule has 1 aromatic heterocycles. The Morgan fingerprint density at radius 2 is 2.71 bits per heavy atom. The van der Waals surface area contributed by atoms with Gasteiger partial charge < -0.3 is 4.52 Å². The summed E-state index contributed by atoms with van der Waals surface area (Å²) in [6.45, 7) is 2.00. The number of hydrogen-bond donors (Lipinski definition) is 0. The van der Waals surface area contributed by atoms with E-state index < -0.39 is 0 Å². The summed E-state index contributed by atoms with van der Waals surface area (Å²) in [5.74, 6) is 0. The first kappa shape index (κ1) is 4.37. The van der Waals surface area contributed by atoms with Gasteiger partial charge in [-0.15, -0.1) is 0 Å². The first-order chi connectivity index (χ1) is 3.43. The van der Waals surface area contributed by atoms with E-state index >= 15 is 0 Å². The van der Waals surface area contributed by atoms with E-state index in [1.54, 1.807) is 0 Å². The number of aryl methyl sites for hydroxylation is 1. The Labute approximate surface area is 42.1 Å². The molecule has 0 bridgehead atoms. The van der Waals surface area contributed by atoms with Crippen LogP contribution in [0.4, 0.5) is 0 Å². The summed E-state index contributed by atoms with van der Waals surface area (Å²) in [5, 5.41) is 3.34. The molecule has 1 rings (SSSR count). The van der Waals surface area contributed by atoms with E-state index in [1.807, 2.05) is 6.92 Å². The van der Waals surface area contributed by atoms with Crippen molar-refractivity contribution in [1.29, 1.82) is 0 Å². The molecule has 2 nitrogen and oxygen atoms in total. The molecule has 0 aliphatic heterocycles. The second-order valence-corrected chi connectivity index (χ2v) is 1.23. The van der Waals surface area contributed by atoms with Crippen LogP contribution in [0.1, 0.15) is 12.5 Å². The third-order valence-electron chi connectivity index (χ3n) is 0.749. The topological polar surface area (TPSA) is 26.0 Å². The van der Waals surface area contributed by atoms with Gasteiger partial charge in [0.2, 0.25) is 6.26 Å². The Kier molecular flexibility index (Phi) is 1.11. The second kappa shape index (κ2) is 1.78. The Balaban J connectivity index is 2.76. The van der Waals surface area contributed by atoms with Gasteiger partial charge in [-0.1, -0.05) is 12.1 Å². The van der Waals surface area contributed by atoms with Crippen LogP contribution in [0.3, 0.4) is 0 Å². The van der Waals surface area contributed by atoms with E-state index in [9.17, 15) is 0 Å². The van der Waals surface area contributed by atoms with Gasteiger partial charge in [-0.3, -0.25) is 0 Å². The van der Waals surface area contributed by atoms with Crippen LogP contribution in [0, 0.1) is 12.5 Å². The van der Waals surface area contributed by atoms with Gasteiger partial charge in [-0.2, -0.15) is 0 Å². The fraction of sp³-hybridized carbons (Fsp3) is 0.400. The molecule has 0 N–H and O–H groups in total. The zero-order chi connectivity index (χ0) is 5.11. The third kappa shape index (κ3) is 0.796. The van der Waals surface area contributed by atoms with Crippen molar-refractivity contribution in [2.24, 2.45) is 0 Å². The molecular formula is C5H5NO. The van der Waals surface area contributed by atoms with E-state index in [4.69, 9.17) is 0 Å². The fourth-order valence-electron chi connectivity index (χ4n) is 0.330. The lowest BCUT2D eigenvalue weighted by Crippen LogP contribution is -1.69. The van der Waals surface area contributed by atoms with E-state index in [0.29, 0.717) is 0 Å². The van der Waals surface area contributed by atoms with Gasteiger partial charge in [0, 0.05) is 5.56 Å². The summed E-state index contributed by atoms with van der Waals surface area (Å²) in [4.78, 5) is 0. The average molecular weight is 95.1 g/mol. The van der Waals surface area contributed by atoms with E-state index in [2.05, 4.69) is 22.1 Å². The molecule has 0 saturated carbocycles. The quantitative estimate of drug-likeness (QED) is 0.516. The highest BCUT2D eigenvalue weighted by atomic mass is 16.5. The molecule has 0 unspecified atom stereocenters. The summed E-state index contributed by atoms with van der Waals surface area (Å²) in [7, 11) is 0. The van der Waals surface area contributed by atoms with Crippen LogP contribution in [-0.4, -0.2) is 5.16 Å². The molecule has 0 aromatic carbocycles. The maximum Gasteiger partial charge on any atom is 0.209 e. The molecule has 0 amide bonds. The van der Waals surface area contributed by atoms with Crippen molar-refractivity contribution in [3.8, 4) is 0 Å². The highest BCUT2D eigenvalue weighted by molar-refractivity contribution is 4.94. The molecule has 36 valence electrons. The molecule has 1 aromatic rings. The largest absolute Gasteiger partial charge is 0.352 e. The normalized spacial score (nSPS) is 9.29. The summed E-state index contributed by atoms with van der Waals surface area (Å²) >= 11 is 0.